The lowest BCUT2D eigenvalue weighted by molar-refractivity contribution is -0.385. The zero-order valence-electron chi connectivity index (χ0n) is 16.2. The Morgan fingerprint density at radius 3 is 1.76 bits per heavy atom. The maximum Gasteiger partial charge on any atom is 0.336 e. The van der Waals surface area contributed by atoms with E-state index in [0.29, 0.717) is 0 Å². The van der Waals surface area contributed by atoms with Crippen molar-refractivity contribution in [3.05, 3.63) is 51.1 Å². The number of hydrogen-bond acceptors (Lipinski definition) is 8. The van der Waals surface area contributed by atoms with Gasteiger partial charge in [0.2, 0.25) is 0 Å². The van der Waals surface area contributed by atoms with Gasteiger partial charge in [-0.25, -0.2) is 4.79 Å². The number of methoxy groups -OCH3 is 4. The highest BCUT2D eigenvalue weighted by Crippen LogP contribution is 2.36. The number of aromatic carboxylic acids is 1. The van der Waals surface area contributed by atoms with E-state index in [9.17, 15) is 24.8 Å². The van der Waals surface area contributed by atoms with Gasteiger partial charge in [-0.3, -0.25) is 14.9 Å². The van der Waals surface area contributed by atoms with Crippen LogP contribution in [-0.4, -0.2) is 50.2 Å². The molecule has 0 aromatic heterocycles. The summed E-state index contributed by atoms with van der Waals surface area (Å²) in [6.07, 6.45) is -0.438. The van der Waals surface area contributed by atoms with E-state index in [4.69, 9.17) is 18.9 Å². The molecule has 0 atom stereocenters. The average Bonchev–Trinajstić information content (AvgIpc) is 2.71. The number of ether oxygens (including phenoxy) is 4. The number of nitro benzene ring substituents is 1. The largest absolute Gasteiger partial charge is 0.493 e. The Labute approximate surface area is 165 Å². The van der Waals surface area contributed by atoms with Gasteiger partial charge in [0.25, 0.3) is 5.69 Å². The van der Waals surface area contributed by atoms with E-state index in [1.807, 2.05) is 0 Å². The van der Waals surface area contributed by atoms with Crippen LogP contribution in [0, 0.1) is 10.1 Å². The molecule has 0 bridgehead atoms. The van der Waals surface area contributed by atoms with Crippen LogP contribution in [0.5, 0.6) is 23.0 Å². The van der Waals surface area contributed by atoms with Gasteiger partial charge in [-0.1, -0.05) is 0 Å². The Bertz CT molecular complexity index is 969. The number of carbonyl (C=O) groups excluding carboxylic acids is 1. The van der Waals surface area contributed by atoms with E-state index >= 15 is 0 Å². The molecule has 1 N–H and O–H groups in total. The van der Waals surface area contributed by atoms with Crippen LogP contribution in [0.25, 0.3) is 0 Å². The molecular formula is C19H19NO9. The number of ketones is 1. The molecule has 0 unspecified atom stereocenters. The Balaban J connectivity index is 2.57. The predicted molar refractivity (Wildman–Crippen MR) is 101 cm³/mol. The van der Waals surface area contributed by atoms with Gasteiger partial charge in [-0.2, -0.15) is 0 Å². The Morgan fingerprint density at radius 1 is 0.862 bits per heavy atom. The lowest BCUT2D eigenvalue weighted by atomic mass is 9.96. The first-order valence-electron chi connectivity index (χ1n) is 8.19. The molecule has 0 heterocycles. The van der Waals surface area contributed by atoms with E-state index in [0.717, 1.165) is 12.1 Å². The third-order valence-electron chi connectivity index (χ3n) is 4.19. The molecule has 154 valence electrons. The number of hydrogen-bond donors (Lipinski definition) is 1. The van der Waals surface area contributed by atoms with Crippen LogP contribution in [0.4, 0.5) is 5.69 Å². The van der Waals surface area contributed by atoms with Crippen LogP contribution in [-0.2, 0) is 6.42 Å². The molecule has 10 heteroatoms. The van der Waals surface area contributed by atoms with Gasteiger partial charge in [-0.15, -0.1) is 0 Å². The van der Waals surface area contributed by atoms with Gasteiger partial charge in [0.05, 0.1) is 45.0 Å². The minimum absolute atomic E-state index is 0.0452. The Hall–Kier alpha value is -3.82. The van der Waals surface area contributed by atoms with E-state index in [1.54, 1.807) is 0 Å². The smallest absolute Gasteiger partial charge is 0.336 e. The summed E-state index contributed by atoms with van der Waals surface area (Å²) in [6, 6.07) is 4.86. The van der Waals surface area contributed by atoms with Crippen molar-refractivity contribution >= 4 is 17.4 Å². The molecule has 0 fully saturated rings. The van der Waals surface area contributed by atoms with Gasteiger partial charge >= 0.3 is 5.97 Å². The van der Waals surface area contributed by atoms with Crippen LogP contribution in [0.1, 0.15) is 26.3 Å². The molecule has 2 rings (SSSR count). The normalized spacial score (nSPS) is 10.2. The summed E-state index contributed by atoms with van der Waals surface area (Å²) >= 11 is 0. The number of carbonyl (C=O) groups is 2. The van der Waals surface area contributed by atoms with E-state index < -0.39 is 23.1 Å². The second-order valence-corrected chi connectivity index (χ2v) is 5.75. The van der Waals surface area contributed by atoms with Gasteiger partial charge in [0.15, 0.2) is 28.8 Å². The molecule has 0 aliphatic heterocycles. The lowest BCUT2D eigenvalue weighted by Crippen LogP contribution is -2.13. The molecule has 0 aliphatic carbocycles. The maximum absolute atomic E-state index is 12.9. The highest BCUT2D eigenvalue weighted by Gasteiger charge is 2.25. The van der Waals surface area contributed by atoms with Crippen molar-refractivity contribution in [3.63, 3.8) is 0 Å². The number of carboxylic acids is 1. The molecule has 2 aromatic carbocycles. The molecule has 0 saturated carbocycles. The minimum atomic E-state index is -1.35. The van der Waals surface area contributed by atoms with Crippen LogP contribution < -0.4 is 18.9 Å². The fraction of sp³-hybridized carbons (Fsp3) is 0.263. The third-order valence-corrected chi connectivity index (χ3v) is 4.19. The van der Waals surface area contributed by atoms with Crippen LogP contribution in [0.2, 0.25) is 0 Å². The summed E-state index contributed by atoms with van der Waals surface area (Å²) in [4.78, 5) is 35.3. The minimum Gasteiger partial charge on any atom is -0.493 e. The SMILES string of the molecule is COc1cc(CC(=O)c2cc(OC)c(OC)cc2C(=O)O)c([N+](=O)[O-])cc1OC. The van der Waals surface area contributed by atoms with Gasteiger partial charge in [0.1, 0.15) is 0 Å². The van der Waals surface area contributed by atoms with Crippen molar-refractivity contribution in [3.8, 4) is 23.0 Å². The summed E-state index contributed by atoms with van der Waals surface area (Å²) in [5.41, 5.74) is -0.785. The number of benzene rings is 2. The van der Waals surface area contributed by atoms with Crippen molar-refractivity contribution in [2.24, 2.45) is 0 Å². The first-order chi connectivity index (χ1) is 13.8. The monoisotopic (exact) mass is 405 g/mol. The van der Waals surface area contributed by atoms with Gasteiger partial charge in [-0.05, 0) is 18.2 Å². The highest BCUT2D eigenvalue weighted by molar-refractivity contribution is 6.07. The van der Waals surface area contributed by atoms with E-state index in [2.05, 4.69) is 0 Å². The predicted octanol–water partition coefficient (Wildman–Crippen LogP) is 2.75. The summed E-state index contributed by atoms with van der Waals surface area (Å²) in [5.74, 6) is -1.38. The molecule has 0 radical (unpaired) electrons. The number of nitro groups is 1. The highest BCUT2D eigenvalue weighted by atomic mass is 16.6. The first-order valence-corrected chi connectivity index (χ1v) is 8.19. The van der Waals surface area contributed by atoms with Crippen molar-refractivity contribution in [2.75, 3.05) is 28.4 Å². The van der Waals surface area contributed by atoms with Crippen molar-refractivity contribution in [2.45, 2.75) is 6.42 Å². The summed E-state index contributed by atoms with van der Waals surface area (Å²) in [7, 11) is 5.35. The second-order valence-electron chi connectivity index (χ2n) is 5.75. The van der Waals surface area contributed by atoms with Crippen LogP contribution >= 0.6 is 0 Å². The fourth-order valence-electron chi connectivity index (χ4n) is 2.78. The summed E-state index contributed by atoms with van der Waals surface area (Å²) < 4.78 is 20.4. The molecule has 0 spiro atoms. The summed E-state index contributed by atoms with van der Waals surface area (Å²) in [6.45, 7) is 0. The van der Waals surface area contributed by atoms with Crippen LogP contribution in [0.15, 0.2) is 24.3 Å². The maximum atomic E-state index is 12.9. The topological polar surface area (TPSA) is 134 Å². The molecule has 2 aromatic rings. The van der Waals surface area contributed by atoms with Crippen molar-refractivity contribution < 1.29 is 38.6 Å². The Morgan fingerprint density at radius 2 is 1.31 bits per heavy atom. The van der Waals surface area contributed by atoms with Gasteiger partial charge < -0.3 is 24.1 Å². The zero-order chi connectivity index (χ0) is 21.7. The van der Waals surface area contributed by atoms with Crippen molar-refractivity contribution in [1.29, 1.82) is 0 Å². The molecule has 29 heavy (non-hydrogen) atoms. The number of Topliss-reactive ketones (excluding diaryl/α,β-unsaturated/α-hetero) is 1. The van der Waals surface area contributed by atoms with E-state index in [-0.39, 0.29) is 45.4 Å². The number of rotatable bonds is 9. The molecule has 0 saturated heterocycles. The molecule has 10 nitrogen and oxygen atoms in total. The van der Waals surface area contributed by atoms with Crippen molar-refractivity contribution in [1.82, 2.24) is 0 Å². The molecule has 0 aliphatic rings. The molecular weight excluding hydrogens is 386 g/mol. The number of carboxylic acid groups (broad SMARTS) is 1. The Kier molecular flexibility index (Phi) is 6.60. The average molecular weight is 405 g/mol. The second kappa shape index (κ2) is 8.91. The third kappa shape index (κ3) is 4.37. The lowest BCUT2D eigenvalue weighted by Gasteiger charge is -2.13. The van der Waals surface area contributed by atoms with E-state index in [1.165, 1.54) is 40.6 Å². The standard InChI is InChI=1S/C19H19NO9/c1-26-15-6-10(13(20(24)25)9-18(15)29-4)5-14(21)11-7-16(27-2)17(28-3)8-12(11)19(22)23/h6-9H,5H2,1-4H3,(H,22,23). The van der Waals surface area contributed by atoms with Gasteiger partial charge in [0, 0.05) is 17.5 Å². The van der Waals surface area contributed by atoms with Crippen LogP contribution in [0.3, 0.4) is 0 Å². The zero-order valence-corrected chi connectivity index (χ0v) is 16.2. The molecule has 0 amide bonds. The quantitative estimate of drug-likeness (QED) is 0.379. The first kappa shape index (κ1) is 21.5. The fourth-order valence-corrected chi connectivity index (χ4v) is 2.78. The number of nitrogens with zero attached hydrogens (tertiary/aromatic N) is 1. The summed E-state index contributed by atoms with van der Waals surface area (Å²) in [5, 5.41) is 20.9.